The minimum absolute atomic E-state index is 0.0109. The molecule has 0 aromatic carbocycles. The Morgan fingerprint density at radius 3 is 2.94 bits per heavy atom. The lowest BCUT2D eigenvalue weighted by molar-refractivity contribution is 0.303. The largest absolute Gasteiger partial charge is 0.395 e. The average Bonchev–Trinajstić information content (AvgIpc) is 2.73. The predicted octanol–water partition coefficient (Wildman–Crippen LogP) is 0.530. The van der Waals surface area contributed by atoms with E-state index in [1.807, 2.05) is 6.26 Å². The first kappa shape index (κ1) is 12.3. The van der Waals surface area contributed by atoms with Crippen LogP contribution in [-0.4, -0.2) is 46.5 Å². The van der Waals surface area contributed by atoms with Gasteiger partial charge in [0.25, 0.3) is 5.56 Å². The number of hydrogen-bond donors (Lipinski definition) is 2. The summed E-state index contributed by atoms with van der Waals surface area (Å²) in [4.78, 5) is 25.3. The van der Waals surface area contributed by atoms with Crippen molar-refractivity contribution in [3.63, 3.8) is 0 Å². The third-order valence-corrected chi connectivity index (χ3v) is 4.14. The van der Waals surface area contributed by atoms with Crippen LogP contribution in [0, 0.1) is 0 Å². The summed E-state index contributed by atoms with van der Waals surface area (Å²) in [6, 6.07) is 0. The Balaban J connectivity index is 2.50. The van der Waals surface area contributed by atoms with Gasteiger partial charge in [0.1, 0.15) is 0 Å². The number of hydrogen-bond acceptors (Lipinski definition) is 7. The molecule has 8 heteroatoms. The van der Waals surface area contributed by atoms with E-state index in [9.17, 15) is 4.79 Å². The molecule has 2 aromatic heterocycles. The Hall–Kier alpha value is -1.12. The van der Waals surface area contributed by atoms with Gasteiger partial charge in [-0.15, -0.1) is 0 Å². The first-order valence-corrected chi connectivity index (χ1v) is 6.96. The Kier molecular flexibility index (Phi) is 3.65. The average molecular weight is 272 g/mol. The lowest BCUT2D eigenvalue weighted by Crippen LogP contribution is -2.25. The zero-order valence-electron chi connectivity index (χ0n) is 9.43. The molecule has 0 atom stereocenters. The molecule has 0 aliphatic heterocycles. The van der Waals surface area contributed by atoms with Crippen molar-refractivity contribution in [1.82, 2.24) is 15.0 Å². The van der Waals surface area contributed by atoms with E-state index in [0.29, 0.717) is 22.8 Å². The number of likely N-dealkylation sites (N-methyl/N-ethyl adjacent to an activating group) is 1. The second kappa shape index (κ2) is 5.03. The number of aliphatic hydroxyl groups is 1. The summed E-state index contributed by atoms with van der Waals surface area (Å²) in [6.45, 7) is 0.430. The van der Waals surface area contributed by atoms with Gasteiger partial charge in [0.15, 0.2) is 14.7 Å². The highest BCUT2D eigenvalue weighted by Gasteiger charge is 2.11. The molecule has 2 aromatic rings. The summed E-state index contributed by atoms with van der Waals surface area (Å²) >= 11 is 2.88. The fourth-order valence-electron chi connectivity index (χ4n) is 1.33. The third-order valence-electron chi connectivity index (χ3n) is 2.21. The summed E-state index contributed by atoms with van der Waals surface area (Å²) in [5, 5.41) is 8.85. The van der Waals surface area contributed by atoms with E-state index in [2.05, 4.69) is 15.0 Å². The van der Waals surface area contributed by atoms with Crippen LogP contribution in [-0.2, 0) is 0 Å². The van der Waals surface area contributed by atoms with Gasteiger partial charge >= 0.3 is 0 Å². The number of aromatic nitrogens is 3. The Bertz CT molecular complexity index is 580. The van der Waals surface area contributed by atoms with Gasteiger partial charge < -0.3 is 10.0 Å². The molecule has 0 bridgehead atoms. The molecule has 2 heterocycles. The van der Waals surface area contributed by atoms with Crippen molar-refractivity contribution in [1.29, 1.82) is 0 Å². The van der Waals surface area contributed by atoms with Crippen molar-refractivity contribution in [2.45, 2.75) is 4.34 Å². The van der Waals surface area contributed by atoms with Crippen LogP contribution in [0.5, 0.6) is 0 Å². The SMILES string of the molecule is CSc1nc2c(=O)[nH]c(N(C)CCO)nc2s1. The van der Waals surface area contributed by atoms with Gasteiger partial charge in [-0.3, -0.25) is 9.78 Å². The molecule has 17 heavy (non-hydrogen) atoms. The Morgan fingerprint density at radius 2 is 2.29 bits per heavy atom. The number of aliphatic hydroxyl groups excluding tert-OH is 1. The lowest BCUT2D eigenvalue weighted by atomic mass is 10.5. The molecule has 0 radical (unpaired) electrons. The van der Waals surface area contributed by atoms with Crippen molar-refractivity contribution in [2.75, 3.05) is 31.4 Å². The van der Waals surface area contributed by atoms with E-state index in [1.165, 1.54) is 23.1 Å². The van der Waals surface area contributed by atoms with Crippen molar-refractivity contribution in [3.8, 4) is 0 Å². The molecular weight excluding hydrogens is 260 g/mol. The molecule has 92 valence electrons. The van der Waals surface area contributed by atoms with E-state index < -0.39 is 0 Å². The summed E-state index contributed by atoms with van der Waals surface area (Å²) in [5.74, 6) is 0.452. The number of nitrogens with one attached hydrogen (secondary N) is 1. The van der Waals surface area contributed by atoms with Crippen LogP contribution in [0.15, 0.2) is 9.13 Å². The second-order valence-electron chi connectivity index (χ2n) is 3.37. The van der Waals surface area contributed by atoms with Crippen LogP contribution in [0.25, 0.3) is 10.3 Å². The number of rotatable bonds is 4. The highest BCUT2D eigenvalue weighted by atomic mass is 32.2. The molecule has 2 rings (SSSR count). The predicted molar refractivity (Wildman–Crippen MR) is 70.2 cm³/mol. The molecule has 0 aliphatic rings. The van der Waals surface area contributed by atoms with Gasteiger partial charge in [-0.25, -0.2) is 9.97 Å². The van der Waals surface area contributed by atoms with Crippen LogP contribution in [0.3, 0.4) is 0 Å². The highest BCUT2D eigenvalue weighted by molar-refractivity contribution is 8.00. The van der Waals surface area contributed by atoms with Crippen LogP contribution in [0.4, 0.5) is 5.95 Å². The van der Waals surface area contributed by atoms with Crippen molar-refractivity contribution in [3.05, 3.63) is 10.4 Å². The fraction of sp³-hybridized carbons (Fsp3) is 0.444. The number of thioether (sulfide) groups is 1. The number of fused-ring (bicyclic) bond motifs is 1. The fourth-order valence-corrected chi connectivity index (χ4v) is 2.75. The first-order valence-electron chi connectivity index (χ1n) is 4.92. The molecule has 0 fully saturated rings. The molecular formula is C9H12N4O2S2. The van der Waals surface area contributed by atoms with Gasteiger partial charge in [0.2, 0.25) is 5.95 Å². The topological polar surface area (TPSA) is 82.1 Å². The molecule has 2 N–H and O–H groups in total. The minimum atomic E-state index is -0.244. The van der Waals surface area contributed by atoms with E-state index in [-0.39, 0.29) is 12.2 Å². The van der Waals surface area contributed by atoms with E-state index in [0.717, 1.165) is 4.34 Å². The number of H-pyrrole nitrogens is 1. The maximum absolute atomic E-state index is 11.8. The van der Waals surface area contributed by atoms with Crippen LogP contribution >= 0.6 is 23.1 Å². The van der Waals surface area contributed by atoms with Crippen molar-refractivity contribution < 1.29 is 5.11 Å². The second-order valence-corrected chi connectivity index (χ2v) is 5.40. The van der Waals surface area contributed by atoms with Gasteiger partial charge in [-0.05, 0) is 6.26 Å². The van der Waals surface area contributed by atoms with Gasteiger partial charge in [0, 0.05) is 13.6 Å². The summed E-state index contributed by atoms with van der Waals surface area (Å²) < 4.78 is 0.819. The molecule has 0 saturated heterocycles. The smallest absolute Gasteiger partial charge is 0.279 e. The molecule has 6 nitrogen and oxygen atoms in total. The van der Waals surface area contributed by atoms with E-state index >= 15 is 0 Å². The quantitative estimate of drug-likeness (QED) is 0.790. The number of aromatic amines is 1. The normalized spacial score (nSPS) is 11.0. The lowest BCUT2D eigenvalue weighted by Gasteiger charge is -2.15. The molecule has 0 aliphatic carbocycles. The molecule has 0 spiro atoms. The Morgan fingerprint density at radius 1 is 1.53 bits per heavy atom. The molecule has 0 amide bonds. The van der Waals surface area contributed by atoms with E-state index in [1.54, 1.807) is 11.9 Å². The molecule has 0 saturated carbocycles. The monoisotopic (exact) mass is 272 g/mol. The minimum Gasteiger partial charge on any atom is -0.395 e. The maximum atomic E-state index is 11.8. The van der Waals surface area contributed by atoms with Crippen molar-refractivity contribution in [2.24, 2.45) is 0 Å². The van der Waals surface area contributed by atoms with Gasteiger partial charge in [0.05, 0.1) is 6.61 Å². The van der Waals surface area contributed by atoms with E-state index in [4.69, 9.17) is 5.11 Å². The van der Waals surface area contributed by atoms with Crippen LogP contribution in [0.2, 0.25) is 0 Å². The summed E-state index contributed by atoms with van der Waals surface area (Å²) in [5.41, 5.74) is 0.131. The number of anilines is 1. The van der Waals surface area contributed by atoms with Crippen molar-refractivity contribution >= 4 is 39.4 Å². The zero-order valence-corrected chi connectivity index (χ0v) is 11.1. The maximum Gasteiger partial charge on any atom is 0.279 e. The summed E-state index contributed by atoms with van der Waals surface area (Å²) in [6.07, 6.45) is 1.91. The highest BCUT2D eigenvalue weighted by Crippen LogP contribution is 2.25. The standard InChI is InChI=1S/C9H12N4O2S2/c1-13(3-4-14)8-11-6(15)5-7(12-8)17-9(10-5)16-2/h14H,3-4H2,1-2H3,(H,11,12,15). The third kappa shape index (κ3) is 2.43. The summed E-state index contributed by atoms with van der Waals surface area (Å²) in [7, 11) is 1.76. The zero-order chi connectivity index (χ0) is 12.4. The number of nitrogens with zero attached hydrogens (tertiary/aromatic N) is 3. The van der Waals surface area contributed by atoms with Crippen LogP contribution < -0.4 is 10.5 Å². The van der Waals surface area contributed by atoms with Crippen LogP contribution in [0.1, 0.15) is 0 Å². The Labute approximate surface area is 106 Å². The first-order chi connectivity index (χ1) is 8.15. The van der Waals surface area contributed by atoms with Gasteiger partial charge in [-0.2, -0.15) is 0 Å². The van der Waals surface area contributed by atoms with Gasteiger partial charge in [-0.1, -0.05) is 23.1 Å². The number of thiazole rings is 1. The molecule has 0 unspecified atom stereocenters.